The molecule has 31 heavy (non-hydrogen) atoms. The molecule has 0 bridgehead atoms. The Hall–Kier alpha value is -3.36. The van der Waals surface area contributed by atoms with Gasteiger partial charge in [-0.1, -0.05) is 29.8 Å². The fourth-order valence-electron chi connectivity index (χ4n) is 2.65. The summed E-state index contributed by atoms with van der Waals surface area (Å²) in [6.45, 7) is 1.75. The topological polar surface area (TPSA) is 96.9 Å². The molecule has 160 valence electrons. The lowest BCUT2D eigenvalue weighted by Crippen LogP contribution is -2.20. The average Bonchev–Trinajstić information content (AvgIpc) is 2.79. The number of nitrogens with one attached hydrogen (secondary N) is 2. The molecule has 7 nitrogen and oxygen atoms in total. The normalized spacial score (nSPS) is 11.6. The van der Waals surface area contributed by atoms with Crippen molar-refractivity contribution in [3.8, 4) is 5.75 Å². The van der Waals surface area contributed by atoms with Gasteiger partial charge in [-0.25, -0.2) is 13.8 Å². The van der Waals surface area contributed by atoms with Gasteiger partial charge in [0.2, 0.25) is 0 Å². The zero-order chi connectivity index (χ0) is 22.4. The lowest BCUT2D eigenvalue weighted by Gasteiger charge is -2.10. The summed E-state index contributed by atoms with van der Waals surface area (Å²) >= 11 is 6.03. The number of hydrogen-bond acceptors (Lipinski definition) is 5. The van der Waals surface area contributed by atoms with Gasteiger partial charge in [-0.2, -0.15) is 5.10 Å². The van der Waals surface area contributed by atoms with Gasteiger partial charge in [-0.05, 0) is 67.1 Å². The highest BCUT2D eigenvalue weighted by atomic mass is 35.5. The minimum Gasteiger partial charge on any atom is -0.497 e. The highest BCUT2D eigenvalue weighted by Crippen LogP contribution is 2.24. The van der Waals surface area contributed by atoms with Gasteiger partial charge in [-0.3, -0.25) is 9.52 Å². The Kier molecular flexibility index (Phi) is 6.94. The molecule has 0 saturated heterocycles. The number of amides is 1. The molecule has 9 heteroatoms. The van der Waals surface area contributed by atoms with Crippen LogP contribution >= 0.6 is 11.6 Å². The van der Waals surface area contributed by atoms with Gasteiger partial charge in [0.05, 0.1) is 28.4 Å². The number of para-hydroxylation sites is 1. The number of methoxy groups -OCH3 is 1. The average molecular weight is 458 g/mol. The predicted octanol–water partition coefficient (Wildman–Crippen LogP) is 4.30. The van der Waals surface area contributed by atoms with Gasteiger partial charge in [-0.15, -0.1) is 0 Å². The van der Waals surface area contributed by atoms with E-state index in [9.17, 15) is 13.2 Å². The summed E-state index contributed by atoms with van der Waals surface area (Å²) in [6.07, 6.45) is 0. The molecule has 0 aliphatic rings. The molecule has 0 unspecified atom stereocenters. The van der Waals surface area contributed by atoms with Crippen molar-refractivity contribution in [2.24, 2.45) is 5.10 Å². The molecule has 3 aromatic carbocycles. The second kappa shape index (κ2) is 9.63. The van der Waals surface area contributed by atoms with Crippen LogP contribution in [0.1, 0.15) is 22.8 Å². The molecule has 0 radical (unpaired) electrons. The van der Waals surface area contributed by atoms with Gasteiger partial charge in [0.25, 0.3) is 15.9 Å². The molecule has 0 atom stereocenters. The summed E-state index contributed by atoms with van der Waals surface area (Å²) in [4.78, 5) is 12.4. The summed E-state index contributed by atoms with van der Waals surface area (Å²) in [5.74, 6) is 0.173. The molecule has 0 aromatic heterocycles. The summed E-state index contributed by atoms with van der Waals surface area (Å²) in [7, 11) is -2.36. The van der Waals surface area contributed by atoms with E-state index < -0.39 is 15.9 Å². The van der Waals surface area contributed by atoms with Crippen LogP contribution in [0, 0.1) is 0 Å². The highest BCUT2D eigenvalue weighted by molar-refractivity contribution is 7.92. The number of ether oxygens (including phenoxy) is 1. The third-order valence-corrected chi connectivity index (χ3v) is 6.05. The first-order valence-electron chi connectivity index (χ1n) is 9.16. The van der Waals surface area contributed by atoms with Crippen LogP contribution < -0.4 is 14.9 Å². The standard InChI is InChI=1S/C22H20ClN3O4S/c1-15(16-10-12-18(30-2)13-11-16)24-25-22(27)17-6-5-7-19(14-17)31(28,29)26-21-9-4-3-8-20(21)23/h3-14,26H,1-2H3,(H,25,27)/b24-15+. The zero-order valence-corrected chi connectivity index (χ0v) is 18.4. The Labute approximate surface area is 185 Å². The number of hydrazone groups is 1. The van der Waals surface area contributed by atoms with Crippen molar-refractivity contribution in [1.29, 1.82) is 0 Å². The van der Waals surface area contributed by atoms with E-state index >= 15 is 0 Å². The number of anilines is 1. The van der Waals surface area contributed by atoms with Crippen molar-refractivity contribution in [3.05, 3.63) is 88.9 Å². The fourth-order valence-corrected chi connectivity index (χ4v) is 4.01. The van der Waals surface area contributed by atoms with Crippen LogP contribution in [0.5, 0.6) is 5.75 Å². The van der Waals surface area contributed by atoms with E-state index in [1.165, 1.54) is 24.3 Å². The maximum absolute atomic E-state index is 12.7. The molecular weight excluding hydrogens is 438 g/mol. The van der Waals surface area contributed by atoms with Crippen molar-refractivity contribution in [2.45, 2.75) is 11.8 Å². The summed E-state index contributed by atoms with van der Waals surface area (Å²) < 4.78 is 32.9. The maximum atomic E-state index is 12.7. The number of hydrogen-bond donors (Lipinski definition) is 2. The molecule has 3 aromatic rings. The third-order valence-electron chi connectivity index (χ3n) is 4.36. The smallest absolute Gasteiger partial charge is 0.271 e. The maximum Gasteiger partial charge on any atom is 0.271 e. The number of carbonyl (C=O) groups excluding carboxylic acids is 1. The van der Waals surface area contributed by atoms with Crippen LogP contribution in [0.4, 0.5) is 5.69 Å². The van der Waals surface area contributed by atoms with E-state index in [1.807, 2.05) is 12.1 Å². The monoisotopic (exact) mass is 457 g/mol. The van der Waals surface area contributed by atoms with E-state index in [0.717, 1.165) is 5.56 Å². The Morgan fingerprint density at radius 3 is 2.35 bits per heavy atom. The summed E-state index contributed by atoms with van der Waals surface area (Å²) in [6, 6.07) is 19.3. The molecule has 2 N–H and O–H groups in total. The van der Waals surface area contributed by atoms with Crippen LogP contribution in [0.3, 0.4) is 0 Å². The zero-order valence-electron chi connectivity index (χ0n) is 16.8. The lowest BCUT2D eigenvalue weighted by atomic mass is 10.1. The Bertz CT molecular complexity index is 1230. The number of sulfonamides is 1. The van der Waals surface area contributed by atoms with Gasteiger partial charge in [0.15, 0.2) is 0 Å². The quantitative estimate of drug-likeness (QED) is 0.408. The summed E-state index contributed by atoms with van der Waals surface area (Å²) in [5.41, 5.74) is 4.23. The number of benzene rings is 3. The Morgan fingerprint density at radius 2 is 1.68 bits per heavy atom. The first-order chi connectivity index (χ1) is 14.8. The van der Waals surface area contributed by atoms with Crippen molar-refractivity contribution in [2.75, 3.05) is 11.8 Å². The molecule has 0 spiro atoms. The molecule has 0 heterocycles. The van der Waals surface area contributed by atoms with Gasteiger partial charge < -0.3 is 4.74 Å². The first kappa shape index (κ1) is 22.3. The molecule has 1 amide bonds. The SMILES string of the molecule is COc1ccc(/C(C)=N/NC(=O)c2cccc(S(=O)(=O)Nc3ccccc3Cl)c2)cc1. The molecule has 0 aliphatic heterocycles. The number of nitrogens with zero attached hydrogens (tertiary/aromatic N) is 1. The fraction of sp³-hybridized carbons (Fsp3) is 0.0909. The molecule has 0 aliphatic carbocycles. The molecule has 0 fully saturated rings. The van der Waals surface area contributed by atoms with Gasteiger partial charge in [0, 0.05) is 5.56 Å². The van der Waals surface area contributed by atoms with Crippen molar-refractivity contribution < 1.29 is 17.9 Å². The van der Waals surface area contributed by atoms with Gasteiger partial charge >= 0.3 is 0 Å². The van der Waals surface area contributed by atoms with Crippen molar-refractivity contribution in [3.63, 3.8) is 0 Å². The van der Waals surface area contributed by atoms with Crippen LogP contribution in [-0.4, -0.2) is 27.1 Å². The second-order valence-electron chi connectivity index (χ2n) is 6.48. The van der Waals surface area contributed by atoms with E-state index in [0.29, 0.717) is 11.5 Å². The van der Waals surface area contributed by atoms with Crippen LogP contribution in [0.25, 0.3) is 0 Å². The van der Waals surface area contributed by atoms with Crippen LogP contribution in [-0.2, 0) is 10.0 Å². The van der Waals surface area contributed by atoms with E-state index in [4.69, 9.17) is 16.3 Å². The summed E-state index contributed by atoms with van der Waals surface area (Å²) in [5, 5.41) is 4.36. The highest BCUT2D eigenvalue weighted by Gasteiger charge is 2.17. The van der Waals surface area contributed by atoms with Gasteiger partial charge in [0.1, 0.15) is 5.75 Å². The largest absolute Gasteiger partial charge is 0.497 e. The minimum atomic E-state index is -3.93. The van der Waals surface area contributed by atoms with Crippen molar-refractivity contribution >= 4 is 38.9 Å². The Balaban J connectivity index is 1.75. The lowest BCUT2D eigenvalue weighted by molar-refractivity contribution is 0.0954. The van der Waals surface area contributed by atoms with Crippen molar-refractivity contribution in [1.82, 2.24) is 5.43 Å². The number of halogens is 1. The first-order valence-corrected chi connectivity index (χ1v) is 11.0. The van der Waals surface area contributed by atoms with E-state index in [2.05, 4.69) is 15.2 Å². The minimum absolute atomic E-state index is 0.0732. The molecule has 3 rings (SSSR count). The van der Waals surface area contributed by atoms with Crippen LogP contribution in [0.15, 0.2) is 82.8 Å². The molecule has 0 saturated carbocycles. The van der Waals surface area contributed by atoms with E-state index in [-0.39, 0.29) is 21.2 Å². The number of carbonyl (C=O) groups is 1. The second-order valence-corrected chi connectivity index (χ2v) is 8.57. The molecular formula is C22H20ClN3O4S. The van der Waals surface area contributed by atoms with Crippen LogP contribution in [0.2, 0.25) is 5.02 Å². The Morgan fingerprint density at radius 1 is 0.968 bits per heavy atom. The third kappa shape index (κ3) is 5.62. The predicted molar refractivity (Wildman–Crippen MR) is 121 cm³/mol. The van der Waals surface area contributed by atoms with E-state index in [1.54, 1.807) is 50.4 Å². The number of rotatable bonds is 7.